The molecule has 0 aliphatic rings. The number of carbonyl (C=O) groups excluding carboxylic acids is 2. The van der Waals surface area contributed by atoms with Gasteiger partial charge >= 0.3 is 0 Å². The molecule has 0 aliphatic carbocycles. The van der Waals surface area contributed by atoms with Crippen LogP contribution in [0.5, 0.6) is 0 Å². The van der Waals surface area contributed by atoms with Gasteiger partial charge in [-0.15, -0.1) is 0 Å². The van der Waals surface area contributed by atoms with Crippen LogP contribution in [-0.2, 0) is 14.3 Å². The van der Waals surface area contributed by atoms with E-state index in [1.54, 1.807) is 7.11 Å². The molecule has 0 aromatic heterocycles. The summed E-state index contributed by atoms with van der Waals surface area (Å²) < 4.78 is 4.84. The zero-order valence-corrected chi connectivity index (χ0v) is 10.3. The lowest BCUT2D eigenvalue weighted by Crippen LogP contribution is -2.37. The SMILES string of the molecule is COCCCNC(=O)CNC(=O)CC(C)C. The molecule has 0 aromatic carbocycles. The van der Waals surface area contributed by atoms with Gasteiger partial charge in [0.1, 0.15) is 0 Å². The summed E-state index contributed by atoms with van der Waals surface area (Å²) in [6.07, 6.45) is 1.24. The van der Waals surface area contributed by atoms with E-state index < -0.39 is 0 Å². The number of rotatable bonds is 8. The minimum atomic E-state index is -0.159. The highest BCUT2D eigenvalue weighted by Crippen LogP contribution is 1.97. The van der Waals surface area contributed by atoms with Crippen LogP contribution in [0.25, 0.3) is 0 Å². The Kier molecular flexibility index (Phi) is 8.52. The lowest BCUT2D eigenvalue weighted by molar-refractivity contribution is -0.126. The maximum absolute atomic E-state index is 11.2. The summed E-state index contributed by atoms with van der Waals surface area (Å²) >= 11 is 0. The zero-order valence-electron chi connectivity index (χ0n) is 10.3. The van der Waals surface area contributed by atoms with Crippen molar-refractivity contribution in [1.82, 2.24) is 10.6 Å². The highest BCUT2D eigenvalue weighted by atomic mass is 16.5. The maximum atomic E-state index is 11.2. The van der Waals surface area contributed by atoms with Crippen LogP contribution in [0.4, 0.5) is 0 Å². The molecular formula is C11H22N2O3. The van der Waals surface area contributed by atoms with Gasteiger partial charge < -0.3 is 15.4 Å². The fourth-order valence-corrected chi connectivity index (χ4v) is 1.13. The van der Waals surface area contributed by atoms with Crippen molar-refractivity contribution < 1.29 is 14.3 Å². The lowest BCUT2D eigenvalue weighted by Gasteiger charge is -2.07. The fraction of sp³-hybridized carbons (Fsp3) is 0.818. The molecule has 0 aliphatic heterocycles. The number of hydrogen-bond acceptors (Lipinski definition) is 3. The molecule has 0 unspecified atom stereocenters. The maximum Gasteiger partial charge on any atom is 0.239 e. The highest BCUT2D eigenvalue weighted by molar-refractivity contribution is 5.84. The van der Waals surface area contributed by atoms with Crippen molar-refractivity contribution in [3.05, 3.63) is 0 Å². The number of methoxy groups -OCH3 is 1. The highest BCUT2D eigenvalue weighted by Gasteiger charge is 2.06. The molecule has 0 fully saturated rings. The molecule has 16 heavy (non-hydrogen) atoms. The van der Waals surface area contributed by atoms with Crippen molar-refractivity contribution >= 4 is 11.8 Å². The Morgan fingerprint density at radius 3 is 2.44 bits per heavy atom. The second-order valence-corrected chi connectivity index (χ2v) is 4.07. The third-order valence-electron chi connectivity index (χ3n) is 1.89. The molecule has 0 saturated heterocycles. The van der Waals surface area contributed by atoms with E-state index in [1.165, 1.54) is 0 Å². The second-order valence-electron chi connectivity index (χ2n) is 4.07. The molecule has 0 aromatic rings. The Hall–Kier alpha value is -1.10. The van der Waals surface area contributed by atoms with Crippen molar-refractivity contribution in [3.8, 4) is 0 Å². The van der Waals surface area contributed by atoms with E-state index in [0.717, 1.165) is 6.42 Å². The van der Waals surface area contributed by atoms with E-state index >= 15 is 0 Å². The predicted octanol–water partition coefficient (Wildman–Crippen LogP) is 0.301. The Labute approximate surface area is 96.9 Å². The van der Waals surface area contributed by atoms with Crippen LogP contribution in [0.1, 0.15) is 26.7 Å². The van der Waals surface area contributed by atoms with Crippen molar-refractivity contribution in [3.63, 3.8) is 0 Å². The Balaban J connectivity index is 3.46. The Morgan fingerprint density at radius 1 is 1.19 bits per heavy atom. The number of carbonyl (C=O) groups is 2. The zero-order chi connectivity index (χ0) is 12.4. The summed E-state index contributed by atoms with van der Waals surface area (Å²) in [5.74, 6) is 0.0695. The third-order valence-corrected chi connectivity index (χ3v) is 1.89. The van der Waals surface area contributed by atoms with E-state index in [4.69, 9.17) is 4.74 Å². The molecule has 5 heteroatoms. The molecule has 0 radical (unpaired) electrons. The number of amides is 2. The van der Waals surface area contributed by atoms with Gasteiger partial charge in [0.05, 0.1) is 6.54 Å². The van der Waals surface area contributed by atoms with E-state index in [2.05, 4.69) is 10.6 Å². The van der Waals surface area contributed by atoms with Gasteiger partial charge in [-0.2, -0.15) is 0 Å². The first-order valence-electron chi connectivity index (χ1n) is 5.58. The first-order chi connectivity index (χ1) is 7.56. The lowest BCUT2D eigenvalue weighted by atomic mass is 10.1. The van der Waals surface area contributed by atoms with Crippen LogP contribution in [0.2, 0.25) is 0 Å². The van der Waals surface area contributed by atoms with Crippen LogP contribution in [-0.4, -0.2) is 38.6 Å². The minimum Gasteiger partial charge on any atom is -0.385 e. The van der Waals surface area contributed by atoms with E-state index in [-0.39, 0.29) is 18.4 Å². The first kappa shape index (κ1) is 14.9. The molecular weight excluding hydrogens is 208 g/mol. The van der Waals surface area contributed by atoms with Crippen molar-refractivity contribution in [2.24, 2.45) is 5.92 Å². The van der Waals surface area contributed by atoms with Crippen LogP contribution in [0.3, 0.4) is 0 Å². The molecule has 0 atom stereocenters. The van der Waals surface area contributed by atoms with Gasteiger partial charge in [-0.1, -0.05) is 13.8 Å². The molecule has 0 bridgehead atoms. The molecule has 94 valence electrons. The summed E-state index contributed by atoms with van der Waals surface area (Å²) in [6, 6.07) is 0. The standard InChI is InChI=1S/C11H22N2O3/c1-9(2)7-10(14)13-8-11(15)12-5-4-6-16-3/h9H,4-8H2,1-3H3,(H,12,15)(H,13,14). The smallest absolute Gasteiger partial charge is 0.239 e. The summed E-state index contributed by atoms with van der Waals surface area (Å²) in [4.78, 5) is 22.5. The topological polar surface area (TPSA) is 67.4 Å². The average molecular weight is 230 g/mol. The molecule has 0 heterocycles. The van der Waals surface area contributed by atoms with Gasteiger partial charge in [0.15, 0.2) is 0 Å². The molecule has 2 amide bonds. The van der Waals surface area contributed by atoms with Gasteiger partial charge in [-0.25, -0.2) is 0 Å². The van der Waals surface area contributed by atoms with Crippen LogP contribution < -0.4 is 10.6 Å². The largest absolute Gasteiger partial charge is 0.385 e. The fourth-order valence-electron chi connectivity index (χ4n) is 1.13. The van der Waals surface area contributed by atoms with Gasteiger partial charge in [-0.05, 0) is 12.3 Å². The first-order valence-corrected chi connectivity index (χ1v) is 5.58. The quantitative estimate of drug-likeness (QED) is 0.589. The summed E-state index contributed by atoms with van der Waals surface area (Å²) in [5, 5.41) is 5.26. The number of hydrogen-bond donors (Lipinski definition) is 2. The summed E-state index contributed by atoms with van der Waals surface area (Å²) in [7, 11) is 1.62. The molecule has 0 rings (SSSR count). The van der Waals surface area contributed by atoms with Crippen molar-refractivity contribution in [2.45, 2.75) is 26.7 Å². The molecule has 0 spiro atoms. The van der Waals surface area contributed by atoms with Gasteiger partial charge in [0.25, 0.3) is 0 Å². The molecule has 2 N–H and O–H groups in total. The minimum absolute atomic E-state index is 0.0541. The number of ether oxygens (including phenoxy) is 1. The summed E-state index contributed by atoms with van der Waals surface area (Å²) in [5.41, 5.74) is 0. The normalized spacial score (nSPS) is 10.2. The predicted molar refractivity (Wildman–Crippen MR) is 62.0 cm³/mol. The van der Waals surface area contributed by atoms with Crippen molar-refractivity contribution in [1.29, 1.82) is 0 Å². The van der Waals surface area contributed by atoms with Gasteiger partial charge in [0.2, 0.25) is 11.8 Å². The van der Waals surface area contributed by atoms with Crippen LogP contribution in [0, 0.1) is 5.92 Å². The Morgan fingerprint density at radius 2 is 1.88 bits per heavy atom. The van der Waals surface area contributed by atoms with Gasteiger partial charge in [-0.3, -0.25) is 9.59 Å². The van der Waals surface area contributed by atoms with Crippen LogP contribution >= 0.6 is 0 Å². The average Bonchev–Trinajstić information content (AvgIpc) is 2.20. The molecule has 0 saturated carbocycles. The van der Waals surface area contributed by atoms with Gasteiger partial charge in [0, 0.05) is 26.7 Å². The van der Waals surface area contributed by atoms with E-state index in [1.807, 2.05) is 13.8 Å². The monoisotopic (exact) mass is 230 g/mol. The summed E-state index contributed by atoms with van der Waals surface area (Å²) in [6.45, 7) is 5.18. The second kappa shape index (κ2) is 9.15. The van der Waals surface area contributed by atoms with Crippen LogP contribution in [0.15, 0.2) is 0 Å². The third kappa shape index (κ3) is 9.45. The Bertz CT molecular complexity index is 217. The van der Waals surface area contributed by atoms with E-state index in [9.17, 15) is 9.59 Å². The number of nitrogens with one attached hydrogen (secondary N) is 2. The van der Waals surface area contributed by atoms with Crippen molar-refractivity contribution in [2.75, 3.05) is 26.8 Å². The molecule has 5 nitrogen and oxygen atoms in total. The van der Waals surface area contributed by atoms with E-state index in [0.29, 0.717) is 25.5 Å².